The molecular formula is C12H15N2O2. The van der Waals surface area contributed by atoms with E-state index in [1.54, 1.807) is 19.2 Å². The van der Waals surface area contributed by atoms with Crippen LogP contribution in [0.4, 0.5) is 0 Å². The Bertz CT molecular complexity index is 373. The molecule has 1 aliphatic heterocycles. The number of rotatable bonds is 3. The highest BCUT2D eigenvalue weighted by molar-refractivity contribution is 6.02. The number of nitrogens with zero attached hydrogens (tertiary/aromatic N) is 1. The van der Waals surface area contributed by atoms with Crippen LogP contribution in [-0.4, -0.2) is 38.6 Å². The summed E-state index contributed by atoms with van der Waals surface area (Å²) in [4.78, 5) is 12.2. The van der Waals surface area contributed by atoms with E-state index in [1.807, 2.05) is 12.1 Å². The molecule has 1 radical (unpaired) electrons. The first-order chi connectivity index (χ1) is 7.83. The quantitative estimate of drug-likeness (QED) is 0.751. The number of piperazine rings is 1. The van der Waals surface area contributed by atoms with Gasteiger partial charge in [0.2, 0.25) is 0 Å². The third-order valence-electron chi connectivity index (χ3n) is 2.65. The third-order valence-corrected chi connectivity index (χ3v) is 2.65. The highest BCUT2D eigenvalue weighted by Gasteiger charge is 2.24. The summed E-state index contributed by atoms with van der Waals surface area (Å²) in [5.41, 5.74) is 0.613. The summed E-state index contributed by atoms with van der Waals surface area (Å²) in [7, 11) is 1.57. The molecular weight excluding hydrogens is 204 g/mol. The monoisotopic (exact) mass is 219 g/mol. The van der Waals surface area contributed by atoms with E-state index in [0.717, 1.165) is 6.54 Å². The smallest absolute Gasteiger partial charge is 0.186 e. The second-order valence-electron chi connectivity index (χ2n) is 3.69. The minimum Gasteiger partial charge on any atom is -0.496 e. The van der Waals surface area contributed by atoms with Crippen LogP contribution in [0.25, 0.3) is 0 Å². The average Bonchev–Trinajstić information content (AvgIpc) is 2.39. The van der Waals surface area contributed by atoms with Crippen LogP contribution in [-0.2, 0) is 0 Å². The fraction of sp³-hybridized carbons (Fsp3) is 0.417. The maximum Gasteiger partial charge on any atom is 0.186 e. The van der Waals surface area contributed by atoms with E-state index < -0.39 is 0 Å². The van der Waals surface area contributed by atoms with E-state index in [4.69, 9.17) is 4.74 Å². The van der Waals surface area contributed by atoms with Gasteiger partial charge in [-0.15, -0.1) is 0 Å². The summed E-state index contributed by atoms with van der Waals surface area (Å²) in [5, 5.41) is 7.48. The Morgan fingerprint density at radius 2 is 2.31 bits per heavy atom. The summed E-state index contributed by atoms with van der Waals surface area (Å²) >= 11 is 0. The van der Waals surface area contributed by atoms with E-state index >= 15 is 0 Å². The van der Waals surface area contributed by atoms with Crippen molar-refractivity contribution in [3.63, 3.8) is 0 Å². The van der Waals surface area contributed by atoms with Gasteiger partial charge in [0.05, 0.1) is 12.7 Å². The Labute approximate surface area is 95.0 Å². The predicted molar refractivity (Wildman–Crippen MR) is 61.0 cm³/mol. The fourth-order valence-electron chi connectivity index (χ4n) is 1.81. The van der Waals surface area contributed by atoms with Crippen LogP contribution < -0.4 is 15.4 Å². The molecule has 4 heteroatoms. The molecule has 1 heterocycles. The molecule has 1 aliphatic rings. The number of hydrogen-bond donors (Lipinski definition) is 1. The maximum atomic E-state index is 12.2. The standard InChI is InChI=1S/C12H15N2O2/c1-16-11-5-3-2-4-9(11)12(15)10-8-13-6-7-14-10/h2-5,10,13H,6-8H2,1H3. The van der Waals surface area contributed by atoms with Gasteiger partial charge in [-0.2, -0.15) is 0 Å². The summed E-state index contributed by atoms with van der Waals surface area (Å²) < 4.78 is 5.17. The van der Waals surface area contributed by atoms with Gasteiger partial charge in [-0.25, -0.2) is 5.32 Å². The van der Waals surface area contributed by atoms with Crippen LogP contribution >= 0.6 is 0 Å². The lowest BCUT2D eigenvalue weighted by Crippen LogP contribution is -2.48. The lowest BCUT2D eigenvalue weighted by Gasteiger charge is -2.22. The van der Waals surface area contributed by atoms with Gasteiger partial charge in [0.1, 0.15) is 11.8 Å². The molecule has 1 aromatic carbocycles. The SMILES string of the molecule is COc1ccccc1C(=O)C1CNCC[N]1. The molecule has 0 aromatic heterocycles. The number of para-hydroxylation sites is 1. The van der Waals surface area contributed by atoms with Crippen molar-refractivity contribution in [3.05, 3.63) is 29.8 Å². The Balaban J connectivity index is 2.19. The average molecular weight is 219 g/mol. The number of carbonyl (C=O) groups excluding carboxylic acids is 1. The first-order valence-electron chi connectivity index (χ1n) is 5.37. The molecule has 0 amide bonds. The van der Waals surface area contributed by atoms with Gasteiger partial charge in [0.25, 0.3) is 0 Å². The largest absolute Gasteiger partial charge is 0.496 e. The Morgan fingerprint density at radius 3 is 3.00 bits per heavy atom. The number of Topliss-reactive ketones (excluding diaryl/α,β-unsaturated/α-hetero) is 1. The van der Waals surface area contributed by atoms with Crippen LogP contribution in [0.2, 0.25) is 0 Å². The maximum absolute atomic E-state index is 12.2. The molecule has 1 atom stereocenters. The van der Waals surface area contributed by atoms with Crippen molar-refractivity contribution in [1.82, 2.24) is 10.6 Å². The molecule has 0 aliphatic carbocycles. The van der Waals surface area contributed by atoms with Crippen LogP contribution in [0, 0.1) is 0 Å². The molecule has 2 rings (SSSR count). The van der Waals surface area contributed by atoms with Gasteiger partial charge in [-0.05, 0) is 12.1 Å². The molecule has 0 saturated carbocycles. The summed E-state index contributed by atoms with van der Waals surface area (Å²) in [6, 6.07) is 7.00. The highest BCUT2D eigenvalue weighted by Crippen LogP contribution is 2.19. The molecule has 4 nitrogen and oxygen atoms in total. The lowest BCUT2D eigenvalue weighted by atomic mass is 10.0. The van der Waals surface area contributed by atoms with Gasteiger partial charge >= 0.3 is 0 Å². The van der Waals surface area contributed by atoms with Gasteiger partial charge < -0.3 is 10.1 Å². The van der Waals surface area contributed by atoms with Crippen LogP contribution in [0.15, 0.2) is 24.3 Å². The van der Waals surface area contributed by atoms with Crippen LogP contribution in [0.5, 0.6) is 5.75 Å². The predicted octanol–water partition coefficient (Wildman–Crippen LogP) is 0.454. The van der Waals surface area contributed by atoms with Crippen molar-refractivity contribution in [2.24, 2.45) is 0 Å². The third kappa shape index (κ3) is 2.23. The molecule has 0 bridgehead atoms. The summed E-state index contributed by atoms with van der Waals surface area (Å²) in [6.07, 6.45) is 0. The number of ether oxygens (including phenoxy) is 1. The van der Waals surface area contributed by atoms with Crippen molar-refractivity contribution in [2.45, 2.75) is 6.04 Å². The molecule has 85 valence electrons. The van der Waals surface area contributed by atoms with E-state index in [1.165, 1.54) is 0 Å². The van der Waals surface area contributed by atoms with Crippen molar-refractivity contribution < 1.29 is 9.53 Å². The minimum atomic E-state index is -0.273. The lowest BCUT2D eigenvalue weighted by molar-refractivity contribution is 0.0929. The summed E-state index contributed by atoms with van der Waals surface area (Å²) in [6.45, 7) is 2.18. The zero-order valence-corrected chi connectivity index (χ0v) is 9.27. The van der Waals surface area contributed by atoms with E-state index in [0.29, 0.717) is 24.4 Å². The van der Waals surface area contributed by atoms with Crippen molar-refractivity contribution in [2.75, 3.05) is 26.7 Å². The Hall–Kier alpha value is -1.39. The molecule has 1 saturated heterocycles. The number of carbonyl (C=O) groups is 1. The van der Waals surface area contributed by atoms with Crippen LogP contribution in [0.1, 0.15) is 10.4 Å². The van der Waals surface area contributed by atoms with Crippen molar-refractivity contribution in [1.29, 1.82) is 0 Å². The number of benzene rings is 1. The Kier molecular flexibility index (Phi) is 3.54. The van der Waals surface area contributed by atoms with Gasteiger partial charge in [-0.1, -0.05) is 12.1 Å². The Morgan fingerprint density at radius 1 is 1.50 bits per heavy atom. The number of ketones is 1. The molecule has 1 N–H and O–H groups in total. The molecule has 0 spiro atoms. The number of nitrogens with one attached hydrogen (secondary N) is 1. The normalized spacial score (nSPS) is 20.4. The van der Waals surface area contributed by atoms with Crippen molar-refractivity contribution in [3.8, 4) is 5.75 Å². The van der Waals surface area contributed by atoms with E-state index in [9.17, 15) is 4.79 Å². The number of hydrogen-bond acceptors (Lipinski definition) is 3. The van der Waals surface area contributed by atoms with Crippen molar-refractivity contribution >= 4 is 5.78 Å². The van der Waals surface area contributed by atoms with E-state index in [-0.39, 0.29) is 11.8 Å². The molecule has 1 fully saturated rings. The molecule has 1 unspecified atom stereocenters. The zero-order chi connectivity index (χ0) is 11.4. The molecule has 16 heavy (non-hydrogen) atoms. The van der Waals surface area contributed by atoms with Gasteiger partial charge in [-0.3, -0.25) is 4.79 Å². The molecule has 1 aromatic rings. The van der Waals surface area contributed by atoms with E-state index in [2.05, 4.69) is 10.6 Å². The first-order valence-corrected chi connectivity index (χ1v) is 5.37. The van der Waals surface area contributed by atoms with Gasteiger partial charge in [0.15, 0.2) is 5.78 Å². The summed E-state index contributed by atoms with van der Waals surface area (Å²) in [5.74, 6) is 0.651. The number of methoxy groups -OCH3 is 1. The highest BCUT2D eigenvalue weighted by atomic mass is 16.5. The minimum absolute atomic E-state index is 0.0321. The fourth-order valence-corrected chi connectivity index (χ4v) is 1.81. The zero-order valence-electron chi connectivity index (χ0n) is 9.27. The van der Waals surface area contributed by atoms with Gasteiger partial charge in [0, 0.05) is 19.6 Å². The second kappa shape index (κ2) is 5.09. The topological polar surface area (TPSA) is 52.4 Å². The first kappa shape index (κ1) is 11.1. The van der Waals surface area contributed by atoms with Crippen LogP contribution in [0.3, 0.4) is 0 Å². The second-order valence-corrected chi connectivity index (χ2v) is 3.69.